The van der Waals surface area contributed by atoms with E-state index >= 15 is 0 Å². The average molecular weight is 348 g/mol. The summed E-state index contributed by atoms with van der Waals surface area (Å²) >= 11 is 0. The second-order valence-corrected chi connectivity index (χ2v) is 5.14. The monoisotopic (exact) mass is 348 g/mol. The van der Waals surface area contributed by atoms with E-state index in [1.807, 2.05) is 0 Å². The quantitative estimate of drug-likeness (QED) is 0.533. The van der Waals surface area contributed by atoms with Crippen LogP contribution >= 0.6 is 0 Å². The van der Waals surface area contributed by atoms with Crippen molar-refractivity contribution in [2.24, 2.45) is 0 Å². The van der Waals surface area contributed by atoms with Gasteiger partial charge in [0.1, 0.15) is 18.5 Å². The number of imidazole rings is 1. The first-order valence-corrected chi connectivity index (χ1v) is 7.23. The van der Waals surface area contributed by atoms with E-state index in [9.17, 15) is 19.7 Å². The van der Waals surface area contributed by atoms with Gasteiger partial charge in [-0.3, -0.25) is 9.36 Å². The molecule has 0 bridgehead atoms. The largest absolute Gasteiger partial charge is 0.482 e. The molecule has 0 radical (unpaired) electrons. The Labute approximate surface area is 142 Å². The zero-order chi connectivity index (χ0) is 18.4. The van der Waals surface area contributed by atoms with Crippen molar-refractivity contribution in [2.45, 2.75) is 20.0 Å². The van der Waals surface area contributed by atoms with Crippen LogP contribution in [0.4, 0.5) is 5.82 Å². The molecule has 10 heteroatoms. The van der Waals surface area contributed by atoms with Crippen molar-refractivity contribution in [2.75, 3.05) is 6.61 Å². The third kappa shape index (κ3) is 5.30. The first kappa shape index (κ1) is 17.9. The van der Waals surface area contributed by atoms with Gasteiger partial charge in [-0.25, -0.2) is 4.79 Å². The number of carboxylic acids is 1. The molecule has 1 aromatic carbocycles. The second-order valence-electron chi connectivity index (χ2n) is 5.14. The van der Waals surface area contributed by atoms with Crippen LogP contribution in [0.5, 0.6) is 5.75 Å². The molecular weight excluding hydrogens is 332 g/mol. The molecule has 0 saturated carbocycles. The van der Waals surface area contributed by atoms with Crippen LogP contribution in [0.3, 0.4) is 0 Å². The maximum Gasteiger partial charge on any atom is 0.381 e. The van der Waals surface area contributed by atoms with Crippen LogP contribution < -0.4 is 10.1 Å². The Morgan fingerprint density at radius 1 is 1.44 bits per heavy atom. The Kier molecular flexibility index (Phi) is 5.66. The summed E-state index contributed by atoms with van der Waals surface area (Å²) in [5.41, 5.74) is 0.726. The molecule has 0 aliphatic rings. The number of aromatic nitrogens is 2. The molecule has 25 heavy (non-hydrogen) atoms. The Morgan fingerprint density at radius 3 is 2.84 bits per heavy atom. The highest BCUT2D eigenvalue weighted by Gasteiger charge is 2.16. The van der Waals surface area contributed by atoms with Gasteiger partial charge >= 0.3 is 11.8 Å². The minimum Gasteiger partial charge on any atom is -0.482 e. The molecule has 0 aliphatic heterocycles. The van der Waals surface area contributed by atoms with Gasteiger partial charge < -0.3 is 25.3 Å². The number of benzene rings is 1. The lowest BCUT2D eigenvalue weighted by molar-refractivity contribution is -0.389. The van der Waals surface area contributed by atoms with Crippen molar-refractivity contribution in [3.05, 3.63) is 52.0 Å². The van der Waals surface area contributed by atoms with Crippen molar-refractivity contribution in [1.29, 1.82) is 0 Å². The lowest BCUT2D eigenvalue weighted by Gasteiger charge is -2.08. The smallest absolute Gasteiger partial charge is 0.381 e. The van der Waals surface area contributed by atoms with Gasteiger partial charge in [0, 0.05) is 13.5 Å². The SMILES string of the molecule is Cc1nc([N+](=O)[O-])cn1CC(=O)NCc1cccc(OCC(=O)O)c1. The maximum atomic E-state index is 12.0. The number of hydrogen-bond donors (Lipinski definition) is 2. The lowest BCUT2D eigenvalue weighted by atomic mass is 10.2. The van der Waals surface area contributed by atoms with Crippen LogP contribution in [0, 0.1) is 17.0 Å². The molecule has 2 rings (SSSR count). The van der Waals surface area contributed by atoms with E-state index in [0.29, 0.717) is 11.6 Å². The number of ether oxygens (including phenoxy) is 1. The number of hydrogen-bond acceptors (Lipinski definition) is 6. The minimum absolute atomic E-state index is 0.0954. The van der Waals surface area contributed by atoms with Gasteiger partial charge in [0.2, 0.25) is 11.7 Å². The molecule has 1 heterocycles. The second kappa shape index (κ2) is 7.90. The summed E-state index contributed by atoms with van der Waals surface area (Å²) in [4.78, 5) is 36.3. The molecule has 0 atom stereocenters. The number of carboxylic acid groups (broad SMARTS) is 1. The summed E-state index contributed by atoms with van der Waals surface area (Å²) in [5, 5.41) is 21.9. The summed E-state index contributed by atoms with van der Waals surface area (Å²) in [6, 6.07) is 6.67. The fourth-order valence-electron chi connectivity index (χ4n) is 2.04. The molecule has 0 aliphatic carbocycles. The summed E-state index contributed by atoms with van der Waals surface area (Å²) in [5.74, 6) is -0.981. The van der Waals surface area contributed by atoms with Crippen LogP contribution in [0.15, 0.2) is 30.5 Å². The maximum absolute atomic E-state index is 12.0. The molecule has 2 N–H and O–H groups in total. The Morgan fingerprint density at radius 2 is 2.20 bits per heavy atom. The van der Waals surface area contributed by atoms with E-state index in [4.69, 9.17) is 9.84 Å². The van der Waals surface area contributed by atoms with Crippen molar-refractivity contribution in [1.82, 2.24) is 14.9 Å². The van der Waals surface area contributed by atoms with Gasteiger partial charge in [-0.15, -0.1) is 0 Å². The minimum atomic E-state index is -1.08. The van der Waals surface area contributed by atoms with Crippen molar-refractivity contribution in [3.8, 4) is 5.75 Å². The highest BCUT2D eigenvalue weighted by molar-refractivity contribution is 5.75. The number of rotatable bonds is 8. The van der Waals surface area contributed by atoms with Crippen LogP contribution in [-0.2, 0) is 22.7 Å². The number of aryl methyl sites for hydroxylation is 1. The molecular formula is C15H16N4O6. The van der Waals surface area contributed by atoms with Gasteiger partial charge in [0.25, 0.3) is 0 Å². The molecule has 132 valence electrons. The van der Waals surface area contributed by atoms with Crippen molar-refractivity contribution >= 4 is 17.7 Å². The normalized spacial score (nSPS) is 10.3. The molecule has 10 nitrogen and oxygen atoms in total. The van der Waals surface area contributed by atoms with Gasteiger partial charge in [-0.2, -0.15) is 0 Å². The Bertz CT molecular complexity index is 801. The van der Waals surface area contributed by atoms with E-state index in [1.165, 1.54) is 10.8 Å². The number of carbonyl (C=O) groups is 2. The Hall–Kier alpha value is -3.43. The first-order chi connectivity index (χ1) is 11.8. The van der Waals surface area contributed by atoms with E-state index in [2.05, 4.69) is 10.3 Å². The Balaban J connectivity index is 1.90. The highest BCUT2D eigenvalue weighted by Crippen LogP contribution is 2.13. The predicted octanol–water partition coefficient (Wildman–Crippen LogP) is 0.880. The van der Waals surface area contributed by atoms with Crippen LogP contribution in [0.2, 0.25) is 0 Å². The molecule has 0 saturated heterocycles. The molecule has 0 fully saturated rings. The number of nitrogens with one attached hydrogen (secondary N) is 1. The number of carbonyl (C=O) groups excluding carboxylic acids is 1. The van der Waals surface area contributed by atoms with Gasteiger partial charge in [0.15, 0.2) is 6.61 Å². The average Bonchev–Trinajstić information content (AvgIpc) is 2.92. The summed E-state index contributed by atoms with van der Waals surface area (Å²) in [6.07, 6.45) is 1.20. The molecule has 2 aromatic rings. The van der Waals surface area contributed by atoms with E-state index in [0.717, 1.165) is 5.56 Å². The zero-order valence-corrected chi connectivity index (χ0v) is 13.3. The highest BCUT2D eigenvalue weighted by atomic mass is 16.6. The summed E-state index contributed by atoms with van der Waals surface area (Å²) < 4.78 is 6.45. The molecule has 1 aromatic heterocycles. The van der Waals surface area contributed by atoms with Crippen molar-refractivity contribution < 1.29 is 24.4 Å². The fourth-order valence-corrected chi connectivity index (χ4v) is 2.04. The number of amides is 1. The number of nitrogens with zero attached hydrogens (tertiary/aromatic N) is 3. The van der Waals surface area contributed by atoms with Gasteiger partial charge in [-0.1, -0.05) is 12.1 Å². The van der Waals surface area contributed by atoms with E-state index < -0.39 is 17.5 Å². The lowest BCUT2D eigenvalue weighted by Crippen LogP contribution is -2.27. The van der Waals surface area contributed by atoms with Crippen molar-refractivity contribution in [3.63, 3.8) is 0 Å². The third-order valence-corrected chi connectivity index (χ3v) is 3.21. The van der Waals surface area contributed by atoms with Crippen LogP contribution in [-0.4, -0.2) is 38.1 Å². The predicted molar refractivity (Wildman–Crippen MR) is 85.0 cm³/mol. The number of aliphatic carboxylic acids is 1. The third-order valence-electron chi connectivity index (χ3n) is 3.21. The van der Waals surface area contributed by atoms with E-state index in [-0.39, 0.29) is 24.8 Å². The zero-order valence-electron chi connectivity index (χ0n) is 13.3. The van der Waals surface area contributed by atoms with Crippen LogP contribution in [0.1, 0.15) is 11.4 Å². The fraction of sp³-hybridized carbons (Fsp3) is 0.267. The van der Waals surface area contributed by atoms with Crippen LogP contribution in [0.25, 0.3) is 0 Å². The topological polar surface area (TPSA) is 137 Å². The molecule has 0 spiro atoms. The standard InChI is InChI=1S/C15H16N4O6/c1-10-17-13(19(23)24)7-18(10)8-14(20)16-6-11-3-2-4-12(5-11)25-9-15(21)22/h2-5,7H,6,8-9H2,1H3,(H,16,20)(H,21,22). The number of nitro groups is 1. The first-order valence-electron chi connectivity index (χ1n) is 7.23. The summed E-state index contributed by atoms with van der Waals surface area (Å²) in [6.45, 7) is 1.23. The molecule has 0 unspecified atom stereocenters. The van der Waals surface area contributed by atoms with Gasteiger partial charge in [-0.05, 0) is 27.6 Å². The molecule has 1 amide bonds. The van der Waals surface area contributed by atoms with Gasteiger partial charge in [0.05, 0.1) is 0 Å². The van der Waals surface area contributed by atoms with E-state index in [1.54, 1.807) is 31.2 Å². The summed E-state index contributed by atoms with van der Waals surface area (Å²) in [7, 11) is 0.